The Balaban J connectivity index is 1.66. The van der Waals surface area contributed by atoms with Gasteiger partial charge < -0.3 is 5.32 Å². The van der Waals surface area contributed by atoms with Crippen LogP contribution in [-0.4, -0.2) is 16.0 Å². The zero-order valence-electron chi connectivity index (χ0n) is 11.7. The first-order valence-electron chi connectivity index (χ1n) is 7.46. The lowest BCUT2D eigenvalue weighted by atomic mass is 10.2. The summed E-state index contributed by atoms with van der Waals surface area (Å²) in [6.45, 7) is 3.10. The van der Waals surface area contributed by atoms with Crippen LogP contribution in [0.3, 0.4) is 0 Å². The summed E-state index contributed by atoms with van der Waals surface area (Å²) in [4.78, 5) is 10.9. The summed E-state index contributed by atoms with van der Waals surface area (Å²) in [6.07, 6.45) is 7.15. The third-order valence-electron chi connectivity index (χ3n) is 4.03. The molecule has 0 bridgehead atoms. The topological polar surface area (TPSA) is 37.8 Å². The van der Waals surface area contributed by atoms with Gasteiger partial charge >= 0.3 is 0 Å². The van der Waals surface area contributed by atoms with Gasteiger partial charge in [-0.1, -0.05) is 6.07 Å². The Morgan fingerprint density at radius 2 is 2.15 bits per heavy atom. The molecule has 2 aromatic rings. The van der Waals surface area contributed by atoms with Gasteiger partial charge in [0, 0.05) is 29.6 Å². The summed E-state index contributed by atoms with van der Waals surface area (Å²) >= 11 is 1.83. The van der Waals surface area contributed by atoms with Crippen molar-refractivity contribution < 1.29 is 0 Å². The van der Waals surface area contributed by atoms with Crippen LogP contribution in [0.25, 0.3) is 10.7 Å². The summed E-state index contributed by atoms with van der Waals surface area (Å²) in [5.74, 6) is 0.708. The van der Waals surface area contributed by atoms with Crippen molar-refractivity contribution in [1.82, 2.24) is 15.3 Å². The van der Waals surface area contributed by atoms with E-state index < -0.39 is 0 Å². The van der Waals surface area contributed by atoms with Gasteiger partial charge in [0.15, 0.2) is 0 Å². The summed E-state index contributed by atoms with van der Waals surface area (Å²) in [7, 11) is 0. The lowest BCUT2D eigenvalue weighted by Gasteiger charge is -2.01. The Morgan fingerprint density at radius 3 is 2.85 bits per heavy atom. The largest absolute Gasteiger partial charge is 0.309 e. The van der Waals surface area contributed by atoms with Crippen molar-refractivity contribution in [3.05, 3.63) is 34.5 Å². The van der Waals surface area contributed by atoms with Gasteiger partial charge in [-0.25, -0.2) is 4.98 Å². The summed E-state index contributed by atoms with van der Waals surface area (Å²) < 4.78 is 0. The van der Waals surface area contributed by atoms with E-state index in [0.717, 1.165) is 23.3 Å². The van der Waals surface area contributed by atoms with Gasteiger partial charge in [-0.05, 0) is 44.2 Å². The molecule has 0 saturated heterocycles. The number of nitrogens with one attached hydrogen (secondary N) is 1. The van der Waals surface area contributed by atoms with Crippen LogP contribution in [0.2, 0.25) is 0 Å². The normalized spacial score (nSPS) is 18.4. The highest BCUT2D eigenvalue weighted by Gasteiger charge is 2.31. The standard InChI is InChI=1S/C16H19N3S/c1-10-3-2-8-17-14(10)16-19-15(11-4-5-11)13(20-16)9-18-12-6-7-12/h2-3,8,11-12,18H,4-7,9H2,1H3. The molecule has 2 aliphatic carbocycles. The number of aromatic nitrogens is 2. The zero-order valence-corrected chi connectivity index (χ0v) is 12.5. The van der Waals surface area contributed by atoms with Crippen LogP contribution in [0, 0.1) is 6.92 Å². The fourth-order valence-electron chi connectivity index (χ4n) is 2.50. The fraction of sp³-hybridized carbons (Fsp3) is 0.500. The third-order valence-corrected chi connectivity index (χ3v) is 5.11. The van der Waals surface area contributed by atoms with Crippen molar-refractivity contribution in [1.29, 1.82) is 0 Å². The molecular formula is C16H19N3S. The lowest BCUT2D eigenvalue weighted by Crippen LogP contribution is -2.15. The maximum atomic E-state index is 4.92. The highest BCUT2D eigenvalue weighted by Crippen LogP contribution is 2.44. The monoisotopic (exact) mass is 285 g/mol. The quantitative estimate of drug-likeness (QED) is 0.911. The number of hydrogen-bond acceptors (Lipinski definition) is 4. The summed E-state index contributed by atoms with van der Waals surface area (Å²) in [5.41, 5.74) is 3.60. The van der Waals surface area contributed by atoms with E-state index >= 15 is 0 Å². The average molecular weight is 285 g/mol. The molecule has 0 unspecified atom stereocenters. The molecule has 0 amide bonds. The van der Waals surface area contributed by atoms with E-state index in [1.165, 1.54) is 41.8 Å². The Morgan fingerprint density at radius 1 is 1.30 bits per heavy atom. The SMILES string of the molecule is Cc1cccnc1-c1nc(C2CC2)c(CNC2CC2)s1. The van der Waals surface area contributed by atoms with Crippen LogP contribution >= 0.6 is 11.3 Å². The minimum absolute atomic E-state index is 0.708. The second kappa shape index (κ2) is 4.93. The van der Waals surface area contributed by atoms with Crippen molar-refractivity contribution in [2.45, 2.75) is 51.1 Å². The smallest absolute Gasteiger partial charge is 0.142 e. The molecule has 4 heteroatoms. The van der Waals surface area contributed by atoms with Crippen LogP contribution in [0.5, 0.6) is 0 Å². The average Bonchev–Trinajstić information content (AvgIpc) is 3.36. The number of thiazole rings is 1. The Hall–Kier alpha value is -1.26. The molecule has 2 aliphatic rings. The molecule has 1 N–H and O–H groups in total. The molecule has 0 radical (unpaired) electrons. The lowest BCUT2D eigenvalue weighted by molar-refractivity contribution is 0.688. The minimum atomic E-state index is 0.708. The molecule has 20 heavy (non-hydrogen) atoms. The van der Waals surface area contributed by atoms with Crippen molar-refractivity contribution in [3.8, 4) is 10.7 Å². The van der Waals surface area contributed by atoms with E-state index in [-0.39, 0.29) is 0 Å². The second-order valence-corrected chi connectivity index (χ2v) is 7.01. The predicted molar refractivity (Wildman–Crippen MR) is 81.9 cm³/mol. The fourth-order valence-corrected chi connectivity index (χ4v) is 3.66. The Labute approximate surface area is 123 Å². The molecule has 104 valence electrons. The molecular weight excluding hydrogens is 266 g/mol. The molecule has 0 atom stereocenters. The maximum absolute atomic E-state index is 4.92. The van der Waals surface area contributed by atoms with E-state index in [1.54, 1.807) is 0 Å². The number of nitrogens with zero attached hydrogens (tertiary/aromatic N) is 2. The van der Waals surface area contributed by atoms with E-state index in [9.17, 15) is 0 Å². The number of hydrogen-bond donors (Lipinski definition) is 1. The number of rotatable bonds is 5. The van der Waals surface area contributed by atoms with Crippen LogP contribution in [-0.2, 0) is 6.54 Å². The molecule has 0 aromatic carbocycles. The van der Waals surface area contributed by atoms with E-state index in [0.29, 0.717) is 5.92 Å². The Kier molecular flexibility index (Phi) is 3.08. The van der Waals surface area contributed by atoms with Gasteiger partial charge in [0.2, 0.25) is 0 Å². The maximum Gasteiger partial charge on any atom is 0.142 e. The second-order valence-electron chi connectivity index (χ2n) is 5.93. The van der Waals surface area contributed by atoms with Crippen molar-refractivity contribution in [3.63, 3.8) is 0 Å². The molecule has 2 heterocycles. The third kappa shape index (κ3) is 2.50. The molecule has 0 aliphatic heterocycles. The molecule has 2 saturated carbocycles. The molecule has 4 rings (SSSR count). The van der Waals surface area contributed by atoms with Crippen molar-refractivity contribution >= 4 is 11.3 Å². The molecule has 2 aromatic heterocycles. The van der Waals surface area contributed by atoms with Gasteiger partial charge in [0.25, 0.3) is 0 Å². The first kappa shape index (κ1) is 12.5. The number of aryl methyl sites for hydroxylation is 1. The van der Waals surface area contributed by atoms with Crippen LogP contribution in [0.15, 0.2) is 18.3 Å². The summed E-state index contributed by atoms with van der Waals surface area (Å²) in [6, 6.07) is 4.86. The first-order chi connectivity index (χ1) is 9.81. The predicted octanol–water partition coefficient (Wildman–Crippen LogP) is 3.64. The van der Waals surface area contributed by atoms with Gasteiger partial charge in [-0.15, -0.1) is 11.3 Å². The van der Waals surface area contributed by atoms with Gasteiger partial charge in [0.05, 0.1) is 5.69 Å². The van der Waals surface area contributed by atoms with Crippen LogP contribution < -0.4 is 5.32 Å². The van der Waals surface area contributed by atoms with E-state index in [4.69, 9.17) is 4.98 Å². The van der Waals surface area contributed by atoms with Crippen molar-refractivity contribution in [2.24, 2.45) is 0 Å². The Bertz CT molecular complexity index is 626. The van der Waals surface area contributed by atoms with Gasteiger partial charge in [-0.2, -0.15) is 0 Å². The van der Waals surface area contributed by atoms with E-state index in [1.807, 2.05) is 23.6 Å². The highest BCUT2D eigenvalue weighted by atomic mass is 32.1. The molecule has 0 spiro atoms. The summed E-state index contributed by atoms with van der Waals surface area (Å²) in [5, 5.41) is 4.72. The van der Waals surface area contributed by atoms with Gasteiger partial charge in [0.1, 0.15) is 10.7 Å². The molecule has 2 fully saturated rings. The van der Waals surface area contributed by atoms with Crippen molar-refractivity contribution in [2.75, 3.05) is 0 Å². The highest BCUT2D eigenvalue weighted by molar-refractivity contribution is 7.15. The first-order valence-corrected chi connectivity index (χ1v) is 8.28. The van der Waals surface area contributed by atoms with Crippen LogP contribution in [0.1, 0.15) is 47.7 Å². The minimum Gasteiger partial charge on any atom is -0.309 e. The van der Waals surface area contributed by atoms with E-state index in [2.05, 4.69) is 23.3 Å². The van der Waals surface area contributed by atoms with Crippen LogP contribution in [0.4, 0.5) is 0 Å². The molecule has 3 nitrogen and oxygen atoms in total. The van der Waals surface area contributed by atoms with Gasteiger partial charge in [-0.3, -0.25) is 4.98 Å². The zero-order chi connectivity index (χ0) is 13.5. The number of pyridine rings is 1.